The van der Waals surface area contributed by atoms with E-state index < -0.39 is 11.9 Å². The molecule has 0 saturated heterocycles. The minimum absolute atomic E-state index is 0.107. The first-order chi connectivity index (χ1) is 19.3. The van der Waals surface area contributed by atoms with Gasteiger partial charge in [0.15, 0.2) is 5.78 Å². The Labute approximate surface area is 236 Å². The Hall–Kier alpha value is -4.44. The molecular weight excluding hydrogens is 526 g/mol. The second-order valence-electron chi connectivity index (χ2n) is 9.82. The second kappa shape index (κ2) is 13.6. The number of carbonyl (C=O) groups is 4. The fraction of sp³-hybridized carbons (Fsp3) is 0.267. The zero-order valence-corrected chi connectivity index (χ0v) is 23.2. The average molecular weight is 558 g/mol. The van der Waals surface area contributed by atoms with Crippen LogP contribution in [0, 0.1) is 5.92 Å². The molecule has 3 amide bonds. The Kier molecular flexibility index (Phi) is 9.69. The van der Waals surface area contributed by atoms with Gasteiger partial charge in [0.25, 0.3) is 5.91 Å². The van der Waals surface area contributed by atoms with Crippen LogP contribution in [0.5, 0.6) is 0 Å². The summed E-state index contributed by atoms with van der Waals surface area (Å²) in [6.45, 7) is 3.42. The zero-order valence-electron chi connectivity index (χ0n) is 22.3. The molecule has 2 aromatic heterocycles. The topological polar surface area (TPSA) is 130 Å². The van der Waals surface area contributed by atoms with E-state index >= 15 is 0 Å². The first-order valence-electron chi connectivity index (χ1n) is 13.0. The molecule has 2 aromatic carbocycles. The Morgan fingerprint density at radius 3 is 2.50 bits per heavy atom. The lowest BCUT2D eigenvalue weighted by molar-refractivity contribution is -0.127. The molecule has 2 heterocycles. The zero-order chi connectivity index (χ0) is 28.5. The van der Waals surface area contributed by atoms with E-state index in [0.29, 0.717) is 12.0 Å². The maximum absolute atomic E-state index is 12.9. The fourth-order valence-electron chi connectivity index (χ4n) is 4.13. The van der Waals surface area contributed by atoms with E-state index in [4.69, 9.17) is 0 Å². The monoisotopic (exact) mass is 557 g/mol. The number of hydrogen-bond donors (Lipinski definition) is 3. The lowest BCUT2D eigenvalue weighted by Gasteiger charge is -2.20. The number of hydrogen-bond acceptors (Lipinski definition) is 7. The number of rotatable bonds is 12. The predicted molar refractivity (Wildman–Crippen MR) is 155 cm³/mol. The molecule has 40 heavy (non-hydrogen) atoms. The number of ketones is 1. The third-order valence-corrected chi connectivity index (χ3v) is 6.91. The van der Waals surface area contributed by atoms with Crippen molar-refractivity contribution in [2.75, 3.05) is 13.1 Å². The quantitative estimate of drug-likeness (QED) is 0.244. The molecule has 206 valence electrons. The van der Waals surface area contributed by atoms with Crippen molar-refractivity contribution in [3.8, 4) is 11.3 Å². The highest BCUT2D eigenvalue weighted by atomic mass is 32.1. The molecule has 1 atom stereocenters. The number of nitrogens with one attached hydrogen (secondary N) is 3. The lowest BCUT2D eigenvalue weighted by atomic mass is 10.0. The van der Waals surface area contributed by atoms with Gasteiger partial charge in [-0.3, -0.25) is 24.2 Å². The third kappa shape index (κ3) is 8.03. The Balaban J connectivity index is 1.25. The summed E-state index contributed by atoms with van der Waals surface area (Å²) < 4.78 is 0.881. The highest BCUT2D eigenvalue weighted by molar-refractivity contribution is 7.16. The predicted octanol–water partition coefficient (Wildman–Crippen LogP) is 3.55. The van der Waals surface area contributed by atoms with E-state index in [2.05, 4.69) is 25.9 Å². The number of aromatic nitrogens is 2. The molecule has 9 nitrogen and oxygen atoms in total. The second-order valence-corrected chi connectivity index (χ2v) is 10.7. The van der Waals surface area contributed by atoms with Crippen molar-refractivity contribution in [2.45, 2.75) is 32.7 Å². The number of Topliss-reactive ketones (excluding diaryl/α,β-unsaturated/α-hetero) is 1. The summed E-state index contributed by atoms with van der Waals surface area (Å²) in [6, 6.07) is 17.5. The average Bonchev–Trinajstić information content (AvgIpc) is 3.43. The van der Waals surface area contributed by atoms with Gasteiger partial charge in [-0.15, -0.1) is 11.3 Å². The molecule has 0 spiro atoms. The van der Waals surface area contributed by atoms with Gasteiger partial charge >= 0.3 is 0 Å². The van der Waals surface area contributed by atoms with Crippen molar-refractivity contribution in [1.82, 2.24) is 25.9 Å². The fourth-order valence-corrected chi connectivity index (χ4v) is 4.85. The maximum Gasteiger partial charge on any atom is 0.251 e. The van der Waals surface area contributed by atoms with Crippen LogP contribution >= 0.6 is 11.3 Å². The number of benzene rings is 2. The van der Waals surface area contributed by atoms with Crippen molar-refractivity contribution >= 4 is 45.1 Å². The van der Waals surface area contributed by atoms with Gasteiger partial charge < -0.3 is 16.0 Å². The SMILES string of the molecule is CC(C)C[C@H](NC(=O)c1ccc2ncsc2c1)C(=O)NCC(=O)CNC(=O)Cc1cccc(-c2ccccn2)c1. The van der Waals surface area contributed by atoms with Gasteiger partial charge in [-0.2, -0.15) is 0 Å². The largest absolute Gasteiger partial charge is 0.349 e. The first kappa shape index (κ1) is 28.6. The molecular formula is C30H31N5O4S. The third-order valence-electron chi connectivity index (χ3n) is 6.12. The number of thiazole rings is 1. The Morgan fingerprint density at radius 1 is 0.900 bits per heavy atom. The van der Waals surface area contributed by atoms with E-state index in [1.54, 1.807) is 29.9 Å². The summed E-state index contributed by atoms with van der Waals surface area (Å²) in [6.07, 6.45) is 2.22. The normalized spacial score (nSPS) is 11.7. The van der Waals surface area contributed by atoms with Crippen molar-refractivity contribution < 1.29 is 19.2 Å². The van der Waals surface area contributed by atoms with Crippen LogP contribution in [0.3, 0.4) is 0 Å². The van der Waals surface area contributed by atoms with Crippen molar-refractivity contribution in [3.05, 3.63) is 83.5 Å². The molecule has 0 fully saturated rings. The standard InChI is InChI=1S/C30H31N5O4S/c1-19(2)12-26(35-29(38)22-9-10-25-27(15-22)40-18-34-25)30(39)33-17-23(36)16-32-28(37)14-20-6-5-7-21(13-20)24-8-3-4-11-31-24/h3-11,13,15,18-19,26H,12,14,16-17H2,1-2H3,(H,32,37)(H,33,39)(H,35,38)/t26-/m0/s1. The van der Waals surface area contributed by atoms with Crippen LogP contribution in [-0.4, -0.2) is 52.6 Å². The van der Waals surface area contributed by atoms with Crippen LogP contribution in [0.2, 0.25) is 0 Å². The van der Waals surface area contributed by atoms with Crippen LogP contribution in [0.1, 0.15) is 36.2 Å². The number of fused-ring (bicyclic) bond motifs is 1. The van der Waals surface area contributed by atoms with Gasteiger partial charge in [0.1, 0.15) is 6.04 Å². The molecule has 0 saturated carbocycles. The first-order valence-corrected chi connectivity index (χ1v) is 13.9. The number of carbonyl (C=O) groups excluding carboxylic acids is 4. The van der Waals surface area contributed by atoms with E-state index in [1.807, 2.05) is 56.3 Å². The summed E-state index contributed by atoms with van der Waals surface area (Å²) in [4.78, 5) is 59.1. The van der Waals surface area contributed by atoms with Gasteiger partial charge in [-0.25, -0.2) is 4.98 Å². The maximum atomic E-state index is 12.9. The summed E-state index contributed by atoms with van der Waals surface area (Å²) in [5, 5.41) is 8.00. The molecule has 3 N–H and O–H groups in total. The van der Waals surface area contributed by atoms with Crippen LogP contribution in [-0.2, 0) is 20.8 Å². The van der Waals surface area contributed by atoms with Crippen molar-refractivity contribution in [3.63, 3.8) is 0 Å². The molecule has 0 bridgehead atoms. The summed E-state index contributed by atoms with van der Waals surface area (Å²) in [7, 11) is 0. The summed E-state index contributed by atoms with van der Waals surface area (Å²) in [5.74, 6) is -1.35. The van der Waals surface area contributed by atoms with Crippen molar-refractivity contribution in [2.24, 2.45) is 5.92 Å². The number of pyridine rings is 1. The van der Waals surface area contributed by atoms with Crippen LogP contribution in [0.15, 0.2) is 72.4 Å². The van der Waals surface area contributed by atoms with Gasteiger partial charge in [0.2, 0.25) is 11.8 Å². The summed E-state index contributed by atoms with van der Waals surface area (Å²) >= 11 is 1.43. The van der Waals surface area contributed by atoms with Crippen molar-refractivity contribution in [1.29, 1.82) is 0 Å². The van der Waals surface area contributed by atoms with Crippen LogP contribution in [0.4, 0.5) is 0 Å². The number of amides is 3. The summed E-state index contributed by atoms with van der Waals surface area (Å²) in [5.41, 5.74) is 5.45. The Morgan fingerprint density at radius 2 is 1.73 bits per heavy atom. The van der Waals surface area contributed by atoms with Gasteiger partial charge in [0, 0.05) is 17.3 Å². The Bertz CT molecular complexity index is 1500. The number of nitrogens with zero attached hydrogens (tertiary/aromatic N) is 2. The van der Waals surface area contributed by atoms with Gasteiger partial charge in [0.05, 0.1) is 40.9 Å². The minimum Gasteiger partial charge on any atom is -0.349 e. The molecule has 0 unspecified atom stereocenters. The molecule has 0 aliphatic rings. The highest BCUT2D eigenvalue weighted by Gasteiger charge is 2.23. The molecule has 0 aliphatic carbocycles. The van der Waals surface area contributed by atoms with Gasteiger partial charge in [-0.05, 0) is 54.3 Å². The highest BCUT2D eigenvalue weighted by Crippen LogP contribution is 2.20. The smallest absolute Gasteiger partial charge is 0.251 e. The van der Waals surface area contributed by atoms with E-state index in [9.17, 15) is 19.2 Å². The van der Waals surface area contributed by atoms with Crippen LogP contribution < -0.4 is 16.0 Å². The van der Waals surface area contributed by atoms with E-state index in [1.165, 1.54) is 11.3 Å². The molecule has 4 aromatic rings. The molecule has 10 heteroatoms. The molecule has 0 radical (unpaired) electrons. The van der Waals surface area contributed by atoms with E-state index in [0.717, 1.165) is 27.0 Å². The van der Waals surface area contributed by atoms with Gasteiger partial charge in [-0.1, -0.05) is 38.1 Å². The lowest BCUT2D eigenvalue weighted by Crippen LogP contribution is -2.49. The molecule has 4 rings (SSSR count). The molecule has 0 aliphatic heterocycles. The van der Waals surface area contributed by atoms with Crippen LogP contribution in [0.25, 0.3) is 21.5 Å². The minimum atomic E-state index is -0.807. The van der Waals surface area contributed by atoms with E-state index in [-0.39, 0.29) is 43.0 Å².